The molecule has 0 spiro atoms. The lowest BCUT2D eigenvalue weighted by molar-refractivity contribution is 0.368. The molecule has 0 aromatic carbocycles. The molecule has 4 nitrogen and oxygen atoms in total. The SMILES string of the molecule is COC#CP(=O)(O)O. The maximum Gasteiger partial charge on any atom is 0.403 e. The molecule has 0 aromatic heterocycles. The third-order valence-electron chi connectivity index (χ3n) is 0.293. The molecular weight excluding hydrogens is 131 g/mol. The van der Waals surface area contributed by atoms with Crippen molar-refractivity contribution in [3.63, 3.8) is 0 Å². The molecular formula is C3H5O4P. The quantitative estimate of drug-likeness (QED) is 0.355. The molecule has 0 saturated heterocycles. The molecule has 0 amide bonds. The Bertz CT molecular complexity index is 158. The van der Waals surface area contributed by atoms with Gasteiger partial charge in [0.15, 0.2) is 0 Å². The van der Waals surface area contributed by atoms with Crippen molar-refractivity contribution in [1.29, 1.82) is 0 Å². The Morgan fingerprint density at radius 2 is 2.12 bits per heavy atom. The highest BCUT2D eigenvalue weighted by molar-refractivity contribution is 7.57. The van der Waals surface area contributed by atoms with Crippen molar-refractivity contribution >= 4 is 7.60 Å². The molecule has 0 saturated carbocycles. The lowest BCUT2D eigenvalue weighted by atomic mass is 11.3. The summed E-state index contributed by atoms with van der Waals surface area (Å²) in [7, 11) is -2.94. The van der Waals surface area contributed by atoms with Crippen LogP contribution in [-0.2, 0) is 9.30 Å². The van der Waals surface area contributed by atoms with Gasteiger partial charge in [-0.05, 0) is 0 Å². The van der Waals surface area contributed by atoms with Crippen LogP contribution in [0.4, 0.5) is 0 Å². The van der Waals surface area contributed by atoms with Gasteiger partial charge in [0.2, 0.25) is 0 Å². The van der Waals surface area contributed by atoms with Gasteiger partial charge in [-0.1, -0.05) is 0 Å². The van der Waals surface area contributed by atoms with E-state index in [9.17, 15) is 4.57 Å². The van der Waals surface area contributed by atoms with E-state index in [-0.39, 0.29) is 0 Å². The van der Waals surface area contributed by atoms with Crippen molar-refractivity contribution in [3.8, 4) is 11.8 Å². The minimum Gasteiger partial charge on any atom is -0.450 e. The number of hydrogen-bond acceptors (Lipinski definition) is 2. The molecule has 0 heterocycles. The van der Waals surface area contributed by atoms with Crippen molar-refractivity contribution in [1.82, 2.24) is 0 Å². The average Bonchev–Trinajstić information content (AvgIpc) is 1.59. The van der Waals surface area contributed by atoms with E-state index >= 15 is 0 Å². The van der Waals surface area contributed by atoms with Crippen LogP contribution in [0.5, 0.6) is 0 Å². The van der Waals surface area contributed by atoms with Crippen LogP contribution in [0.3, 0.4) is 0 Å². The smallest absolute Gasteiger partial charge is 0.403 e. The molecule has 0 aromatic rings. The summed E-state index contributed by atoms with van der Waals surface area (Å²) in [5.74, 6) is 0. The zero-order valence-electron chi connectivity index (χ0n) is 4.16. The maximum absolute atomic E-state index is 9.83. The summed E-state index contributed by atoms with van der Waals surface area (Å²) in [4.78, 5) is 16.0. The van der Waals surface area contributed by atoms with Crippen molar-refractivity contribution in [2.24, 2.45) is 0 Å². The summed E-state index contributed by atoms with van der Waals surface area (Å²) in [5, 5.41) is 0. The summed E-state index contributed by atoms with van der Waals surface area (Å²) >= 11 is 0. The van der Waals surface area contributed by atoms with Crippen molar-refractivity contribution in [3.05, 3.63) is 0 Å². The van der Waals surface area contributed by atoms with Crippen LogP contribution >= 0.6 is 7.60 Å². The Kier molecular flexibility index (Phi) is 2.56. The Morgan fingerprint density at radius 3 is 2.25 bits per heavy atom. The summed E-state index contributed by atoms with van der Waals surface area (Å²) < 4.78 is 13.9. The van der Waals surface area contributed by atoms with E-state index in [0.29, 0.717) is 0 Å². The molecule has 0 rings (SSSR count). The Balaban J connectivity index is 3.89. The van der Waals surface area contributed by atoms with E-state index in [4.69, 9.17) is 9.79 Å². The Labute approximate surface area is 46.6 Å². The van der Waals surface area contributed by atoms with E-state index in [1.807, 2.05) is 0 Å². The summed E-state index contributed by atoms with van der Waals surface area (Å²) in [5.41, 5.74) is 1.57. The third kappa shape index (κ3) is 5.51. The third-order valence-corrected chi connectivity index (χ3v) is 0.676. The fraction of sp³-hybridized carbons (Fsp3) is 0.333. The van der Waals surface area contributed by atoms with Crippen molar-refractivity contribution < 1.29 is 19.1 Å². The van der Waals surface area contributed by atoms with Gasteiger partial charge >= 0.3 is 7.60 Å². The van der Waals surface area contributed by atoms with Crippen LogP contribution in [-0.4, -0.2) is 16.9 Å². The zero-order valence-corrected chi connectivity index (χ0v) is 5.05. The molecule has 0 atom stereocenters. The van der Waals surface area contributed by atoms with Gasteiger partial charge in [-0.2, -0.15) is 0 Å². The van der Waals surface area contributed by atoms with Crippen LogP contribution in [0.1, 0.15) is 0 Å². The lowest BCUT2D eigenvalue weighted by Gasteiger charge is -1.86. The number of methoxy groups -OCH3 is 1. The highest BCUT2D eigenvalue weighted by Gasteiger charge is 2.05. The lowest BCUT2D eigenvalue weighted by Crippen LogP contribution is -1.70. The predicted octanol–water partition coefficient (Wildman–Crippen LogP) is -0.271. The summed E-state index contributed by atoms with van der Waals surface area (Å²) in [6.07, 6.45) is 1.78. The first kappa shape index (κ1) is 7.51. The van der Waals surface area contributed by atoms with Crippen LogP contribution in [0, 0.1) is 11.8 Å². The fourth-order valence-electron chi connectivity index (χ4n) is 0.105. The predicted molar refractivity (Wildman–Crippen MR) is 26.8 cm³/mol. The molecule has 0 unspecified atom stereocenters. The zero-order chi connectivity index (χ0) is 6.62. The van der Waals surface area contributed by atoms with Crippen molar-refractivity contribution in [2.75, 3.05) is 7.11 Å². The molecule has 0 aliphatic rings. The molecule has 8 heavy (non-hydrogen) atoms. The topological polar surface area (TPSA) is 66.8 Å². The monoisotopic (exact) mass is 136 g/mol. The molecule has 0 radical (unpaired) electrons. The van der Waals surface area contributed by atoms with E-state index < -0.39 is 7.60 Å². The Morgan fingerprint density at radius 1 is 1.62 bits per heavy atom. The first-order chi connectivity index (χ1) is 3.56. The van der Waals surface area contributed by atoms with Crippen molar-refractivity contribution in [2.45, 2.75) is 0 Å². The van der Waals surface area contributed by atoms with E-state index in [1.54, 1.807) is 11.8 Å². The number of rotatable bonds is 0. The summed E-state index contributed by atoms with van der Waals surface area (Å²) in [6.45, 7) is 0. The van der Waals surface area contributed by atoms with Gasteiger partial charge in [0.1, 0.15) is 6.11 Å². The van der Waals surface area contributed by atoms with E-state index in [0.717, 1.165) is 0 Å². The van der Waals surface area contributed by atoms with Gasteiger partial charge in [-0.25, -0.2) is 4.57 Å². The summed E-state index contributed by atoms with van der Waals surface area (Å²) in [6, 6.07) is 0. The highest BCUT2D eigenvalue weighted by Crippen LogP contribution is 2.31. The number of hydrogen-bond donors (Lipinski definition) is 2. The van der Waals surface area contributed by atoms with Gasteiger partial charge in [-0.3, -0.25) is 0 Å². The second-order valence-electron chi connectivity index (χ2n) is 0.962. The second-order valence-corrected chi connectivity index (χ2v) is 2.27. The first-order valence-corrected chi connectivity index (χ1v) is 3.28. The molecule has 0 aliphatic carbocycles. The minimum atomic E-state index is -4.17. The first-order valence-electron chi connectivity index (χ1n) is 1.67. The maximum atomic E-state index is 9.83. The standard InChI is InChI=1S/C3H5O4P/c1-7-2-3-8(4,5)6/h1H3,(H2,4,5,6). The molecule has 0 bridgehead atoms. The molecule has 0 fully saturated rings. The number of ether oxygens (including phenoxy) is 1. The van der Waals surface area contributed by atoms with Gasteiger partial charge in [0.05, 0.1) is 12.8 Å². The average molecular weight is 136 g/mol. The normalized spacial score (nSPS) is 9.38. The van der Waals surface area contributed by atoms with E-state index in [1.165, 1.54) is 7.11 Å². The molecule has 0 aliphatic heterocycles. The Hall–Kier alpha value is -0.490. The minimum absolute atomic E-state index is 1.22. The van der Waals surface area contributed by atoms with Gasteiger partial charge < -0.3 is 14.5 Å². The fourth-order valence-corrected chi connectivity index (χ4v) is 0.315. The molecule has 46 valence electrons. The van der Waals surface area contributed by atoms with Crippen LogP contribution < -0.4 is 0 Å². The largest absolute Gasteiger partial charge is 0.450 e. The van der Waals surface area contributed by atoms with Crippen LogP contribution in [0.25, 0.3) is 0 Å². The van der Waals surface area contributed by atoms with Crippen LogP contribution in [0.2, 0.25) is 0 Å². The second kappa shape index (κ2) is 2.73. The van der Waals surface area contributed by atoms with Gasteiger partial charge in [0.25, 0.3) is 0 Å². The molecule has 2 N–H and O–H groups in total. The highest BCUT2D eigenvalue weighted by atomic mass is 31.2. The van der Waals surface area contributed by atoms with Crippen LogP contribution in [0.15, 0.2) is 0 Å². The molecule has 5 heteroatoms. The van der Waals surface area contributed by atoms with Gasteiger partial charge in [0, 0.05) is 0 Å². The van der Waals surface area contributed by atoms with Gasteiger partial charge in [-0.15, -0.1) is 0 Å². The van der Waals surface area contributed by atoms with E-state index in [2.05, 4.69) is 4.74 Å².